The Morgan fingerprint density at radius 3 is 2.55 bits per heavy atom. The van der Waals surface area contributed by atoms with Crippen LogP contribution in [0.3, 0.4) is 0 Å². The van der Waals surface area contributed by atoms with Crippen molar-refractivity contribution in [3.63, 3.8) is 0 Å². The first kappa shape index (κ1) is 22.5. The summed E-state index contributed by atoms with van der Waals surface area (Å²) in [6.07, 6.45) is 0. The lowest BCUT2D eigenvalue weighted by molar-refractivity contribution is -0.385. The molecule has 1 saturated heterocycles. The molecule has 2 aromatic carbocycles. The Hall–Kier alpha value is -3.65. The van der Waals surface area contributed by atoms with Crippen molar-refractivity contribution >= 4 is 11.6 Å². The molecular weight excluding hydrogens is 422 g/mol. The van der Waals surface area contributed by atoms with Crippen LogP contribution in [0.25, 0.3) is 0 Å². The van der Waals surface area contributed by atoms with Crippen LogP contribution in [-0.2, 0) is 13.2 Å². The molecule has 4 rings (SSSR count). The van der Waals surface area contributed by atoms with Gasteiger partial charge in [0, 0.05) is 44.4 Å². The van der Waals surface area contributed by atoms with Crippen molar-refractivity contribution in [1.29, 1.82) is 0 Å². The molecule has 0 aliphatic carbocycles. The molecule has 0 bridgehead atoms. The molecule has 0 saturated carbocycles. The molecule has 0 atom stereocenters. The van der Waals surface area contributed by atoms with Crippen LogP contribution < -0.4 is 4.74 Å². The van der Waals surface area contributed by atoms with E-state index in [-0.39, 0.29) is 18.2 Å². The molecule has 1 aliphatic rings. The first-order chi connectivity index (χ1) is 15.9. The summed E-state index contributed by atoms with van der Waals surface area (Å²) in [6, 6.07) is 16.5. The first-order valence-corrected chi connectivity index (χ1v) is 10.9. The Morgan fingerprint density at radius 1 is 1.06 bits per heavy atom. The number of hydrogen-bond donors (Lipinski definition) is 0. The molecule has 0 N–H and O–H groups in total. The van der Waals surface area contributed by atoms with Gasteiger partial charge in [-0.25, -0.2) is 0 Å². The van der Waals surface area contributed by atoms with Crippen molar-refractivity contribution in [2.75, 3.05) is 26.2 Å². The molecule has 0 spiro atoms. The summed E-state index contributed by atoms with van der Waals surface area (Å²) in [5.74, 6) is 1.20. The van der Waals surface area contributed by atoms with E-state index in [1.54, 1.807) is 31.2 Å². The number of ether oxygens (including phenoxy) is 1. The summed E-state index contributed by atoms with van der Waals surface area (Å²) in [6.45, 7) is 7.71. The minimum absolute atomic E-state index is 0.0483. The molecule has 0 radical (unpaired) electrons. The lowest BCUT2D eigenvalue weighted by Crippen LogP contribution is -2.48. The lowest BCUT2D eigenvalue weighted by atomic mass is 10.1. The summed E-state index contributed by atoms with van der Waals surface area (Å²) in [4.78, 5) is 27.5. The number of piperazine rings is 1. The van der Waals surface area contributed by atoms with Gasteiger partial charge in [-0.05, 0) is 43.7 Å². The number of nitro groups is 1. The maximum absolute atomic E-state index is 12.9. The first-order valence-electron chi connectivity index (χ1n) is 10.9. The minimum Gasteiger partial charge on any atom is -0.486 e. The van der Waals surface area contributed by atoms with E-state index >= 15 is 0 Å². The summed E-state index contributed by atoms with van der Waals surface area (Å²) in [5.41, 5.74) is 3.11. The predicted molar refractivity (Wildman–Crippen MR) is 123 cm³/mol. The summed E-state index contributed by atoms with van der Waals surface area (Å²) in [5, 5.41) is 10.9. The summed E-state index contributed by atoms with van der Waals surface area (Å²) < 4.78 is 11.4. The number of carbonyl (C=O) groups excluding carboxylic acids is 1. The zero-order chi connectivity index (χ0) is 23.4. The smallest absolute Gasteiger partial charge is 0.289 e. The van der Waals surface area contributed by atoms with Gasteiger partial charge in [0.2, 0.25) is 0 Å². The monoisotopic (exact) mass is 449 g/mol. The molecule has 1 aromatic heterocycles. The van der Waals surface area contributed by atoms with Crippen LogP contribution in [-0.4, -0.2) is 46.8 Å². The highest BCUT2D eigenvalue weighted by molar-refractivity contribution is 5.91. The molecule has 3 aromatic rings. The molecule has 0 unspecified atom stereocenters. The molecular formula is C25H27N3O5. The second-order valence-electron chi connectivity index (χ2n) is 8.32. The normalized spacial score (nSPS) is 14.3. The van der Waals surface area contributed by atoms with Crippen LogP contribution in [0.15, 0.2) is 59.0 Å². The number of nitro benzene ring substituents is 1. The van der Waals surface area contributed by atoms with Crippen molar-refractivity contribution in [2.24, 2.45) is 0 Å². The van der Waals surface area contributed by atoms with Crippen LogP contribution in [0, 0.1) is 24.0 Å². The van der Waals surface area contributed by atoms with Gasteiger partial charge in [-0.3, -0.25) is 19.8 Å². The maximum atomic E-state index is 12.9. The van der Waals surface area contributed by atoms with Gasteiger partial charge in [0.25, 0.3) is 11.6 Å². The number of benzene rings is 2. The Kier molecular flexibility index (Phi) is 6.74. The number of rotatable bonds is 7. The van der Waals surface area contributed by atoms with Gasteiger partial charge in [-0.1, -0.05) is 29.8 Å². The average molecular weight is 450 g/mol. The van der Waals surface area contributed by atoms with Crippen molar-refractivity contribution < 1.29 is 18.9 Å². The van der Waals surface area contributed by atoms with E-state index in [2.05, 4.69) is 36.1 Å². The highest BCUT2D eigenvalue weighted by Crippen LogP contribution is 2.24. The minimum atomic E-state index is -0.425. The predicted octanol–water partition coefficient (Wildman–Crippen LogP) is 4.34. The van der Waals surface area contributed by atoms with Gasteiger partial charge >= 0.3 is 0 Å². The number of aryl methyl sites for hydroxylation is 2. The Morgan fingerprint density at radius 2 is 1.85 bits per heavy atom. The largest absolute Gasteiger partial charge is 0.486 e. The van der Waals surface area contributed by atoms with Gasteiger partial charge < -0.3 is 14.1 Å². The van der Waals surface area contributed by atoms with Crippen molar-refractivity contribution in [3.8, 4) is 5.75 Å². The fourth-order valence-electron chi connectivity index (χ4n) is 3.98. The topological polar surface area (TPSA) is 89.1 Å². The molecule has 2 heterocycles. The van der Waals surface area contributed by atoms with Crippen LogP contribution in [0.1, 0.15) is 33.0 Å². The van der Waals surface area contributed by atoms with Crippen LogP contribution in [0.4, 0.5) is 5.69 Å². The van der Waals surface area contributed by atoms with E-state index in [4.69, 9.17) is 9.15 Å². The number of hydrogen-bond acceptors (Lipinski definition) is 6. The van der Waals surface area contributed by atoms with Crippen LogP contribution in [0.2, 0.25) is 0 Å². The summed E-state index contributed by atoms with van der Waals surface area (Å²) >= 11 is 0. The number of amides is 1. The third-order valence-corrected chi connectivity index (χ3v) is 5.77. The van der Waals surface area contributed by atoms with Gasteiger partial charge in [0.05, 0.1) is 4.92 Å². The zero-order valence-electron chi connectivity index (χ0n) is 18.8. The standard InChI is InChI=1S/C25H27N3O5/c1-18-4-3-5-20(14-18)16-26-10-12-27(13-11-26)25(29)24-9-7-22(33-24)17-32-21-6-8-23(28(30)31)19(2)15-21/h3-9,14-15H,10-13,16-17H2,1-2H3. The third kappa shape index (κ3) is 5.59. The zero-order valence-corrected chi connectivity index (χ0v) is 18.8. The van der Waals surface area contributed by atoms with Gasteiger partial charge in [-0.15, -0.1) is 0 Å². The Bertz CT molecular complexity index is 1150. The highest BCUT2D eigenvalue weighted by atomic mass is 16.6. The van der Waals surface area contributed by atoms with E-state index in [0.717, 1.165) is 19.6 Å². The average Bonchev–Trinajstić information content (AvgIpc) is 3.27. The van der Waals surface area contributed by atoms with E-state index < -0.39 is 4.92 Å². The van der Waals surface area contributed by atoms with E-state index in [1.165, 1.54) is 17.2 Å². The quantitative estimate of drug-likeness (QED) is 0.394. The maximum Gasteiger partial charge on any atom is 0.289 e. The van der Waals surface area contributed by atoms with Crippen LogP contribution >= 0.6 is 0 Å². The van der Waals surface area contributed by atoms with Gasteiger partial charge in [-0.2, -0.15) is 0 Å². The fraction of sp³-hybridized carbons (Fsp3) is 0.320. The molecule has 8 nitrogen and oxygen atoms in total. The SMILES string of the molecule is Cc1cccc(CN2CCN(C(=O)c3ccc(COc4ccc([N+](=O)[O-])c(C)c4)o3)CC2)c1. The molecule has 8 heteroatoms. The number of carbonyl (C=O) groups is 1. The Labute approximate surface area is 192 Å². The van der Waals surface area contributed by atoms with Gasteiger partial charge in [0.1, 0.15) is 18.1 Å². The van der Waals surface area contributed by atoms with E-state index in [0.29, 0.717) is 35.9 Å². The van der Waals surface area contributed by atoms with Crippen LogP contribution in [0.5, 0.6) is 5.75 Å². The van der Waals surface area contributed by atoms with Crippen molar-refractivity contribution in [3.05, 3.63) is 92.9 Å². The fourth-order valence-corrected chi connectivity index (χ4v) is 3.98. The molecule has 1 amide bonds. The lowest BCUT2D eigenvalue weighted by Gasteiger charge is -2.34. The highest BCUT2D eigenvalue weighted by Gasteiger charge is 2.24. The van der Waals surface area contributed by atoms with Gasteiger partial charge in [0.15, 0.2) is 5.76 Å². The molecule has 1 aliphatic heterocycles. The number of nitrogens with zero attached hydrogens (tertiary/aromatic N) is 3. The second kappa shape index (κ2) is 9.87. The van der Waals surface area contributed by atoms with Crippen molar-refractivity contribution in [1.82, 2.24) is 9.80 Å². The van der Waals surface area contributed by atoms with Crippen molar-refractivity contribution in [2.45, 2.75) is 27.0 Å². The summed E-state index contributed by atoms with van der Waals surface area (Å²) in [7, 11) is 0. The molecule has 1 fully saturated rings. The van der Waals surface area contributed by atoms with E-state index in [1.807, 2.05) is 4.90 Å². The Balaban J connectivity index is 1.28. The van der Waals surface area contributed by atoms with E-state index in [9.17, 15) is 14.9 Å². The third-order valence-electron chi connectivity index (χ3n) is 5.77. The molecule has 172 valence electrons. The molecule has 33 heavy (non-hydrogen) atoms. The number of furan rings is 1. The second-order valence-corrected chi connectivity index (χ2v) is 8.32.